The van der Waals surface area contributed by atoms with Crippen LogP contribution in [0.4, 0.5) is 5.95 Å². The maximum absolute atomic E-state index is 12.1. The van der Waals surface area contributed by atoms with Crippen LogP contribution in [0.25, 0.3) is 0 Å². The maximum Gasteiger partial charge on any atom is 0.233 e. The molecular formula is C12H21N5OS. The Morgan fingerprint density at radius 2 is 2.26 bits per heavy atom. The van der Waals surface area contributed by atoms with Crippen LogP contribution in [-0.4, -0.2) is 32.4 Å². The minimum Gasteiger partial charge on any atom is -0.368 e. The van der Waals surface area contributed by atoms with Gasteiger partial charge in [0, 0.05) is 6.04 Å². The molecule has 19 heavy (non-hydrogen) atoms. The molecule has 1 aliphatic rings. The molecule has 1 saturated carbocycles. The van der Waals surface area contributed by atoms with Crippen molar-refractivity contribution in [2.45, 2.75) is 56.0 Å². The number of rotatable bonds is 4. The van der Waals surface area contributed by atoms with Gasteiger partial charge in [-0.15, -0.1) is 5.10 Å². The van der Waals surface area contributed by atoms with E-state index in [1.807, 2.05) is 6.92 Å². The van der Waals surface area contributed by atoms with Crippen LogP contribution in [0.5, 0.6) is 0 Å². The number of H-pyrrole nitrogens is 1. The van der Waals surface area contributed by atoms with Crippen molar-refractivity contribution in [3.63, 3.8) is 0 Å². The minimum atomic E-state index is -0.218. The minimum absolute atomic E-state index is 0.0483. The van der Waals surface area contributed by atoms with Gasteiger partial charge in [0.15, 0.2) is 0 Å². The molecule has 0 aromatic carbocycles. The number of hydrogen-bond acceptors (Lipinski definition) is 5. The van der Waals surface area contributed by atoms with Gasteiger partial charge in [-0.2, -0.15) is 4.98 Å². The quantitative estimate of drug-likeness (QED) is 0.729. The van der Waals surface area contributed by atoms with Crippen molar-refractivity contribution >= 4 is 23.6 Å². The number of amides is 1. The average molecular weight is 283 g/mol. The zero-order chi connectivity index (χ0) is 13.8. The summed E-state index contributed by atoms with van der Waals surface area (Å²) in [5.74, 6) is 0.886. The summed E-state index contributed by atoms with van der Waals surface area (Å²) >= 11 is 1.32. The molecule has 0 bridgehead atoms. The molecule has 0 unspecified atom stereocenters. The zero-order valence-corrected chi connectivity index (χ0v) is 12.2. The lowest BCUT2D eigenvalue weighted by Gasteiger charge is -2.30. The third kappa shape index (κ3) is 3.86. The first-order chi connectivity index (χ1) is 9.06. The highest BCUT2D eigenvalue weighted by Crippen LogP contribution is 2.25. The Bertz CT molecular complexity index is 436. The van der Waals surface area contributed by atoms with Crippen LogP contribution in [0.15, 0.2) is 5.16 Å². The van der Waals surface area contributed by atoms with Gasteiger partial charge in [0.05, 0.1) is 5.25 Å². The molecule has 106 valence electrons. The Morgan fingerprint density at radius 3 is 2.89 bits per heavy atom. The van der Waals surface area contributed by atoms with Crippen LogP contribution in [0.2, 0.25) is 0 Å². The first kappa shape index (κ1) is 14.2. The number of hydrogen-bond donors (Lipinski definition) is 3. The predicted octanol–water partition coefficient (Wildman–Crippen LogP) is 1.56. The number of nitrogens with zero attached hydrogens (tertiary/aromatic N) is 2. The lowest BCUT2D eigenvalue weighted by Crippen LogP contribution is -2.44. The molecule has 0 spiro atoms. The second kappa shape index (κ2) is 6.27. The summed E-state index contributed by atoms with van der Waals surface area (Å²) in [4.78, 5) is 16.1. The van der Waals surface area contributed by atoms with Gasteiger partial charge in [-0.05, 0) is 25.7 Å². The van der Waals surface area contributed by atoms with E-state index < -0.39 is 0 Å². The second-order valence-corrected chi connectivity index (χ2v) is 6.45. The van der Waals surface area contributed by atoms with Crippen molar-refractivity contribution in [3.05, 3.63) is 0 Å². The lowest BCUT2D eigenvalue weighted by atomic mass is 9.86. The molecule has 7 heteroatoms. The fourth-order valence-electron chi connectivity index (χ4n) is 2.35. The number of nitrogens with two attached hydrogens (primary N) is 1. The van der Waals surface area contributed by atoms with Gasteiger partial charge in [0.25, 0.3) is 0 Å². The summed E-state index contributed by atoms with van der Waals surface area (Å²) in [6.07, 6.45) is 4.75. The highest BCUT2D eigenvalue weighted by atomic mass is 32.2. The SMILES string of the molecule is C[C@@H](Sc1n[nH]c(N)n1)C(=O)N[C@@H]1CCCC[C@@H]1C. The number of nitrogens with one attached hydrogen (secondary N) is 2. The van der Waals surface area contributed by atoms with Gasteiger partial charge in [-0.25, -0.2) is 5.10 Å². The van der Waals surface area contributed by atoms with Gasteiger partial charge in [0.1, 0.15) is 0 Å². The summed E-state index contributed by atoms with van der Waals surface area (Å²) in [5, 5.41) is 9.92. The molecule has 1 heterocycles. The van der Waals surface area contributed by atoms with E-state index in [1.165, 1.54) is 31.0 Å². The summed E-state index contributed by atoms with van der Waals surface area (Å²) in [5.41, 5.74) is 5.45. The molecule has 1 amide bonds. The van der Waals surface area contributed by atoms with Crippen LogP contribution >= 0.6 is 11.8 Å². The van der Waals surface area contributed by atoms with E-state index >= 15 is 0 Å². The van der Waals surface area contributed by atoms with Crippen molar-refractivity contribution in [1.29, 1.82) is 0 Å². The second-order valence-electron chi connectivity index (χ2n) is 5.14. The Hall–Kier alpha value is -1.24. The molecule has 3 atom stereocenters. The van der Waals surface area contributed by atoms with E-state index in [0.717, 1.165) is 6.42 Å². The van der Waals surface area contributed by atoms with E-state index in [4.69, 9.17) is 5.73 Å². The van der Waals surface area contributed by atoms with Crippen molar-refractivity contribution < 1.29 is 4.79 Å². The summed E-state index contributed by atoms with van der Waals surface area (Å²) < 4.78 is 0. The monoisotopic (exact) mass is 283 g/mol. The molecule has 1 aromatic rings. The van der Waals surface area contributed by atoms with Gasteiger partial charge >= 0.3 is 0 Å². The van der Waals surface area contributed by atoms with Crippen LogP contribution < -0.4 is 11.1 Å². The fraction of sp³-hybridized carbons (Fsp3) is 0.750. The van der Waals surface area contributed by atoms with E-state index in [-0.39, 0.29) is 17.1 Å². The topological polar surface area (TPSA) is 96.7 Å². The summed E-state index contributed by atoms with van der Waals surface area (Å²) in [6, 6.07) is 0.307. The third-order valence-electron chi connectivity index (χ3n) is 3.57. The number of aromatic amines is 1. The first-order valence-electron chi connectivity index (χ1n) is 6.71. The standard InChI is InChI=1S/C12H21N5OS/c1-7-5-3-4-6-9(7)14-10(18)8(2)19-12-15-11(13)16-17-12/h7-9H,3-6H2,1-2H3,(H,14,18)(H3,13,15,16,17)/t7-,8+,9+/m0/s1. The molecule has 4 N–H and O–H groups in total. The summed E-state index contributed by atoms with van der Waals surface area (Å²) in [6.45, 7) is 4.07. The molecular weight excluding hydrogens is 262 g/mol. The number of carbonyl (C=O) groups is 1. The van der Waals surface area contributed by atoms with Crippen LogP contribution in [0, 0.1) is 5.92 Å². The predicted molar refractivity (Wildman–Crippen MR) is 75.7 cm³/mol. The molecule has 2 rings (SSSR count). The molecule has 1 fully saturated rings. The number of thioether (sulfide) groups is 1. The van der Waals surface area contributed by atoms with E-state index in [0.29, 0.717) is 17.1 Å². The lowest BCUT2D eigenvalue weighted by molar-refractivity contribution is -0.121. The molecule has 0 radical (unpaired) electrons. The Kier molecular flexibility index (Phi) is 4.68. The molecule has 6 nitrogen and oxygen atoms in total. The molecule has 1 aliphatic carbocycles. The molecule has 0 aliphatic heterocycles. The molecule has 0 saturated heterocycles. The largest absolute Gasteiger partial charge is 0.368 e. The van der Waals surface area contributed by atoms with E-state index in [2.05, 4.69) is 27.4 Å². The fourth-order valence-corrected chi connectivity index (χ4v) is 3.09. The maximum atomic E-state index is 12.1. The highest BCUT2D eigenvalue weighted by Gasteiger charge is 2.25. The number of aromatic nitrogens is 3. The van der Waals surface area contributed by atoms with E-state index in [1.54, 1.807) is 0 Å². The third-order valence-corrected chi connectivity index (χ3v) is 4.53. The van der Waals surface area contributed by atoms with Crippen molar-refractivity contribution in [3.8, 4) is 0 Å². The van der Waals surface area contributed by atoms with Crippen LogP contribution in [-0.2, 0) is 4.79 Å². The molecule has 1 aromatic heterocycles. The Labute approximate surface area is 117 Å². The Morgan fingerprint density at radius 1 is 1.53 bits per heavy atom. The van der Waals surface area contributed by atoms with Crippen molar-refractivity contribution in [1.82, 2.24) is 20.5 Å². The van der Waals surface area contributed by atoms with Gasteiger partial charge < -0.3 is 11.1 Å². The number of nitrogen functional groups attached to an aromatic ring is 1. The highest BCUT2D eigenvalue weighted by molar-refractivity contribution is 8.00. The zero-order valence-electron chi connectivity index (χ0n) is 11.3. The van der Waals surface area contributed by atoms with Gasteiger partial charge in [0.2, 0.25) is 17.0 Å². The van der Waals surface area contributed by atoms with Gasteiger partial charge in [-0.3, -0.25) is 4.79 Å². The average Bonchev–Trinajstić information content (AvgIpc) is 2.77. The number of anilines is 1. The number of carbonyl (C=O) groups excluding carboxylic acids is 1. The van der Waals surface area contributed by atoms with Crippen LogP contribution in [0.3, 0.4) is 0 Å². The van der Waals surface area contributed by atoms with Crippen molar-refractivity contribution in [2.75, 3.05) is 5.73 Å². The van der Waals surface area contributed by atoms with Crippen molar-refractivity contribution in [2.24, 2.45) is 5.92 Å². The van der Waals surface area contributed by atoms with Gasteiger partial charge in [-0.1, -0.05) is 31.5 Å². The summed E-state index contributed by atoms with van der Waals surface area (Å²) in [7, 11) is 0. The van der Waals surface area contributed by atoms with Crippen LogP contribution in [0.1, 0.15) is 39.5 Å². The normalized spacial score (nSPS) is 24.9. The van der Waals surface area contributed by atoms with E-state index in [9.17, 15) is 4.79 Å². The Balaban J connectivity index is 1.85. The first-order valence-corrected chi connectivity index (χ1v) is 7.59. The smallest absolute Gasteiger partial charge is 0.233 e.